The highest BCUT2D eigenvalue weighted by Crippen LogP contribution is 2.19. The molecule has 0 saturated carbocycles. The van der Waals surface area contributed by atoms with Crippen molar-refractivity contribution in [1.82, 2.24) is 15.1 Å². The first-order valence-electron chi connectivity index (χ1n) is 9.56. The van der Waals surface area contributed by atoms with E-state index in [1.807, 2.05) is 6.08 Å². The van der Waals surface area contributed by atoms with Gasteiger partial charge in [0.05, 0.1) is 26.2 Å². The SMILES string of the molecule is NC(=O)C1CC=C(CN2CCOCC2)CN(CC(=O)NC2CC(=O)OC2O)C1=O. The summed E-state index contributed by atoms with van der Waals surface area (Å²) in [6.45, 7) is 3.26. The smallest absolute Gasteiger partial charge is 0.310 e. The molecule has 3 aliphatic rings. The van der Waals surface area contributed by atoms with E-state index >= 15 is 0 Å². The van der Waals surface area contributed by atoms with E-state index in [1.54, 1.807) is 0 Å². The second kappa shape index (κ2) is 9.33. The lowest BCUT2D eigenvalue weighted by Crippen LogP contribution is -2.49. The fourth-order valence-electron chi connectivity index (χ4n) is 3.62. The van der Waals surface area contributed by atoms with Crippen molar-refractivity contribution in [2.75, 3.05) is 45.9 Å². The molecule has 0 aliphatic carbocycles. The highest BCUT2D eigenvalue weighted by Gasteiger charge is 2.36. The maximum absolute atomic E-state index is 12.8. The number of ether oxygens (including phenoxy) is 2. The van der Waals surface area contributed by atoms with E-state index < -0.39 is 41.9 Å². The maximum Gasteiger partial charge on any atom is 0.310 e. The fourth-order valence-corrected chi connectivity index (χ4v) is 3.62. The van der Waals surface area contributed by atoms with Crippen molar-refractivity contribution in [2.45, 2.75) is 25.2 Å². The molecule has 0 aromatic heterocycles. The summed E-state index contributed by atoms with van der Waals surface area (Å²) in [5.41, 5.74) is 6.30. The third kappa shape index (κ3) is 5.52. The van der Waals surface area contributed by atoms with Crippen LogP contribution in [0.25, 0.3) is 0 Å². The van der Waals surface area contributed by atoms with E-state index in [4.69, 9.17) is 10.5 Å². The molecule has 0 radical (unpaired) electrons. The predicted molar refractivity (Wildman–Crippen MR) is 97.9 cm³/mol. The molecule has 0 aromatic rings. The number of aliphatic hydroxyl groups excluding tert-OH is 1. The number of primary amides is 1. The molecule has 4 N–H and O–H groups in total. The van der Waals surface area contributed by atoms with E-state index in [2.05, 4.69) is 15.0 Å². The Morgan fingerprint density at radius 3 is 2.62 bits per heavy atom. The number of nitrogens with one attached hydrogen (secondary N) is 1. The number of rotatable bonds is 6. The van der Waals surface area contributed by atoms with Crippen LogP contribution in [0.15, 0.2) is 11.6 Å². The summed E-state index contributed by atoms with van der Waals surface area (Å²) in [7, 11) is 0. The third-order valence-corrected chi connectivity index (χ3v) is 5.18. The van der Waals surface area contributed by atoms with Crippen molar-refractivity contribution in [3.8, 4) is 0 Å². The Morgan fingerprint density at radius 2 is 2.00 bits per heavy atom. The molecule has 3 heterocycles. The van der Waals surface area contributed by atoms with Gasteiger partial charge in [0.2, 0.25) is 24.0 Å². The summed E-state index contributed by atoms with van der Waals surface area (Å²) in [6, 6.07) is -0.868. The van der Waals surface area contributed by atoms with Crippen LogP contribution in [0.1, 0.15) is 12.8 Å². The van der Waals surface area contributed by atoms with Crippen molar-refractivity contribution in [3.63, 3.8) is 0 Å². The first kappa shape index (κ1) is 21.2. The Balaban J connectivity index is 1.65. The summed E-state index contributed by atoms with van der Waals surface area (Å²) in [5, 5.41) is 12.1. The molecule has 0 bridgehead atoms. The summed E-state index contributed by atoms with van der Waals surface area (Å²) in [6.07, 6.45) is 0.470. The van der Waals surface area contributed by atoms with Crippen LogP contribution in [0.5, 0.6) is 0 Å². The fraction of sp³-hybridized carbons (Fsp3) is 0.667. The number of morpholine rings is 1. The standard InChI is InChI=1S/C18H26N4O7/c19-16(25)12-2-1-11(8-21-3-5-28-6-4-21)9-22(17(12)26)10-14(23)20-13-7-15(24)29-18(13)27/h1,12-13,18,27H,2-10H2,(H2,19,25)(H,20,23). The average Bonchev–Trinajstić information content (AvgIpc) is 2.89. The number of amides is 3. The molecule has 0 spiro atoms. The van der Waals surface area contributed by atoms with Gasteiger partial charge in [-0.15, -0.1) is 0 Å². The Bertz CT molecular complexity index is 704. The van der Waals surface area contributed by atoms with Crippen LogP contribution in [0.4, 0.5) is 0 Å². The number of hydrogen-bond donors (Lipinski definition) is 3. The number of aliphatic hydroxyl groups is 1. The molecule has 160 valence electrons. The van der Waals surface area contributed by atoms with Gasteiger partial charge in [-0.05, 0) is 12.0 Å². The highest BCUT2D eigenvalue weighted by molar-refractivity contribution is 6.01. The summed E-state index contributed by atoms with van der Waals surface area (Å²) < 4.78 is 9.93. The molecule has 3 aliphatic heterocycles. The number of carbonyl (C=O) groups is 4. The molecular formula is C18H26N4O7. The van der Waals surface area contributed by atoms with Crippen LogP contribution >= 0.6 is 0 Å². The monoisotopic (exact) mass is 410 g/mol. The van der Waals surface area contributed by atoms with Gasteiger partial charge < -0.3 is 30.5 Å². The number of nitrogens with two attached hydrogens (primary N) is 1. The van der Waals surface area contributed by atoms with Crippen molar-refractivity contribution < 1.29 is 33.8 Å². The number of carbonyl (C=O) groups excluding carboxylic acids is 4. The van der Waals surface area contributed by atoms with Gasteiger partial charge in [0.15, 0.2) is 0 Å². The Kier molecular flexibility index (Phi) is 6.83. The van der Waals surface area contributed by atoms with Crippen LogP contribution in [0.3, 0.4) is 0 Å². The van der Waals surface area contributed by atoms with Crippen molar-refractivity contribution in [3.05, 3.63) is 11.6 Å². The van der Waals surface area contributed by atoms with E-state index in [0.29, 0.717) is 19.8 Å². The van der Waals surface area contributed by atoms with Crippen LogP contribution in [-0.4, -0.2) is 96.9 Å². The number of hydrogen-bond acceptors (Lipinski definition) is 8. The number of esters is 1. The van der Waals surface area contributed by atoms with Gasteiger partial charge in [0.1, 0.15) is 12.0 Å². The molecule has 0 aromatic carbocycles. The average molecular weight is 410 g/mol. The number of nitrogens with zero attached hydrogens (tertiary/aromatic N) is 2. The van der Waals surface area contributed by atoms with Gasteiger partial charge in [-0.1, -0.05) is 6.08 Å². The molecule has 11 heteroatoms. The minimum atomic E-state index is -1.42. The topological polar surface area (TPSA) is 152 Å². The molecule has 2 saturated heterocycles. The second-order valence-electron chi connectivity index (χ2n) is 7.39. The molecule has 3 rings (SSSR count). The lowest BCUT2D eigenvalue weighted by molar-refractivity contribution is -0.155. The Hall–Kier alpha value is -2.50. The summed E-state index contributed by atoms with van der Waals surface area (Å²) in [4.78, 5) is 51.6. The molecule has 3 unspecified atom stereocenters. The number of cyclic esters (lactones) is 1. The van der Waals surface area contributed by atoms with Gasteiger partial charge >= 0.3 is 5.97 Å². The Labute approximate surface area is 167 Å². The quantitative estimate of drug-likeness (QED) is 0.244. The molecule has 3 atom stereocenters. The maximum atomic E-state index is 12.8. The van der Waals surface area contributed by atoms with E-state index in [1.165, 1.54) is 4.90 Å². The van der Waals surface area contributed by atoms with Crippen LogP contribution in [0, 0.1) is 5.92 Å². The molecule has 2 fully saturated rings. The zero-order valence-corrected chi connectivity index (χ0v) is 16.0. The second-order valence-corrected chi connectivity index (χ2v) is 7.39. The van der Waals surface area contributed by atoms with Gasteiger partial charge in [0.25, 0.3) is 0 Å². The van der Waals surface area contributed by atoms with Gasteiger partial charge in [-0.3, -0.25) is 24.1 Å². The van der Waals surface area contributed by atoms with Crippen LogP contribution in [-0.2, 0) is 28.7 Å². The molecular weight excluding hydrogens is 384 g/mol. The summed E-state index contributed by atoms with van der Waals surface area (Å²) in [5.74, 6) is -3.46. The third-order valence-electron chi connectivity index (χ3n) is 5.18. The van der Waals surface area contributed by atoms with Gasteiger partial charge in [-0.25, -0.2) is 0 Å². The van der Waals surface area contributed by atoms with Crippen molar-refractivity contribution >= 4 is 23.7 Å². The van der Waals surface area contributed by atoms with Gasteiger partial charge in [0, 0.05) is 26.2 Å². The minimum Gasteiger partial charge on any atom is -0.434 e. The Morgan fingerprint density at radius 1 is 1.28 bits per heavy atom. The van der Waals surface area contributed by atoms with E-state index in [0.717, 1.165) is 18.7 Å². The lowest BCUT2D eigenvalue weighted by atomic mass is 10.0. The minimum absolute atomic E-state index is 0.146. The first-order valence-corrected chi connectivity index (χ1v) is 9.56. The lowest BCUT2D eigenvalue weighted by Gasteiger charge is -2.29. The molecule has 11 nitrogen and oxygen atoms in total. The zero-order valence-electron chi connectivity index (χ0n) is 16.0. The predicted octanol–water partition coefficient (Wildman–Crippen LogP) is -2.67. The number of allylic oxidation sites excluding steroid dienone is 1. The molecule has 3 amide bonds. The summed E-state index contributed by atoms with van der Waals surface area (Å²) >= 11 is 0. The van der Waals surface area contributed by atoms with Crippen LogP contribution in [0.2, 0.25) is 0 Å². The molecule has 29 heavy (non-hydrogen) atoms. The largest absolute Gasteiger partial charge is 0.434 e. The normalized spacial score (nSPS) is 28.5. The first-order chi connectivity index (χ1) is 13.8. The van der Waals surface area contributed by atoms with Crippen LogP contribution < -0.4 is 11.1 Å². The highest BCUT2D eigenvalue weighted by atomic mass is 16.6. The van der Waals surface area contributed by atoms with Crippen molar-refractivity contribution in [2.24, 2.45) is 11.7 Å². The zero-order chi connectivity index (χ0) is 21.0. The van der Waals surface area contributed by atoms with E-state index in [9.17, 15) is 24.3 Å². The van der Waals surface area contributed by atoms with E-state index in [-0.39, 0.29) is 25.9 Å². The van der Waals surface area contributed by atoms with Crippen molar-refractivity contribution in [1.29, 1.82) is 0 Å². The van der Waals surface area contributed by atoms with Gasteiger partial charge in [-0.2, -0.15) is 0 Å².